The van der Waals surface area contributed by atoms with Crippen molar-refractivity contribution in [3.05, 3.63) is 20.8 Å². The summed E-state index contributed by atoms with van der Waals surface area (Å²) in [6.07, 6.45) is 1.62. The molecule has 27 heavy (non-hydrogen) atoms. The minimum Gasteiger partial charge on any atom is -0.393 e. The van der Waals surface area contributed by atoms with Gasteiger partial charge in [-0.05, 0) is 33.1 Å². The zero-order chi connectivity index (χ0) is 20.0. The maximum atomic E-state index is 13.0. The molecule has 1 N–H and O–H groups in total. The van der Waals surface area contributed by atoms with Gasteiger partial charge in [-0.2, -0.15) is 0 Å². The van der Waals surface area contributed by atoms with E-state index in [0.29, 0.717) is 53.9 Å². The first-order valence-corrected chi connectivity index (χ1v) is 10.6. The molecule has 2 aromatic heterocycles. The lowest BCUT2D eigenvalue weighted by Gasteiger charge is -2.11. The van der Waals surface area contributed by atoms with E-state index in [1.54, 1.807) is 18.5 Å². The fourth-order valence-corrected chi connectivity index (χ4v) is 3.74. The Bertz CT molecular complexity index is 874. The van der Waals surface area contributed by atoms with Crippen LogP contribution in [0.1, 0.15) is 33.1 Å². The van der Waals surface area contributed by atoms with E-state index in [1.165, 1.54) is 20.9 Å². The lowest BCUT2D eigenvalue weighted by molar-refractivity contribution is 0.0847. The number of hydrogen-bond donors (Lipinski definition) is 1. The third-order valence-electron chi connectivity index (χ3n) is 4.18. The molecule has 0 aromatic carbocycles. The van der Waals surface area contributed by atoms with Crippen LogP contribution in [0.25, 0.3) is 11.2 Å². The van der Waals surface area contributed by atoms with Gasteiger partial charge >= 0.3 is 5.69 Å². The fourth-order valence-electron chi connectivity index (χ4n) is 2.80. The summed E-state index contributed by atoms with van der Waals surface area (Å²) in [7, 11) is 1.62. The van der Waals surface area contributed by atoms with Crippen LogP contribution in [0.4, 0.5) is 0 Å². The largest absolute Gasteiger partial charge is 0.393 e. The SMILES string of the molecule is CCOCn1c(SCCCl)nc2c1c(=O)n(CCCCC(C)O)c(=O)n2C. The van der Waals surface area contributed by atoms with Gasteiger partial charge in [-0.3, -0.25) is 18.5 Å². The lowest BCUT2D eigenvalue weighted by Crippen LogP contribution is -2.39. The highest BCUT2D eigenvalue weighted by Crippen LogP contribution is 2.22. The van der Waals surface area contributed by atoms with Gasteiger partial charge in [0.25, 0.3) is 5.56 Å². The van der Waals surface area contributed by atoms with Crippen LogP contribution < -0.4 is 11.2 Å². The number of imidazole rings is 1. The lowest BCUT2D eigenvalue weighted by atomic mass is 10.2. The number of unbranched alkanes of at least 4 members (excludes halogenated alkanes) is 1. The van der Waals surface area contributed by atoms with E-state index in [-0.39, 0.29) is 24.1 Å². The first kappa shape index (κ1) is 22.0. The van der Waals surface area contributed by atoms with E-state index in [2.05, 4.69) is 4.98 Å². The molecular weight excluding hydrogens is 392 g/mol. The van der Waals surface area contributed by atoms with E-state index in [9.17, 15) is 14.7 Å². The van der Waals surface area contributed by atoms with Crippen LogP contribution in [0, 0.1) is 0 Å². The Balaban J connectivity index is 2.49. The van der Waals surface area contributed by atoms with Gasteiger partial charge < -0.3 is 9.84 Å². The molecule has 10 heteroatoms. The highest BCUT2D eigenvalue weighted by atomic mass is 35.5. The summed E-state index contributed by atoms with van der Waals surface area (Å²) in [6.45, 7) is 4.59. The highest BCUT2D eigenvalue weighted by Gasteiger charge is 2.20. The van der Waals surface area contributed by atoms with Crippen LogP contribution >= 0.6 is 23.4 Å². The van der Waals surface area contributed by atoms with Crippen molar-refractivity contribution in [2.75, 3.05) is 18.2 Å². The summed E-state index contributed by atoms with van der Waals surface area (Å²) in [5.41, 5.74) is -0.0465. The molecule has 2 heterocycles. The maximum absolute atomic E-state index is 13.0. The average molecular weight is 419 g/mol. The van der Waals surface area contributed by atoms with Crippen molar-refractivity contribution in [1.29, 1.82) is 0 Å². The van der Waals surface area contributed by atoms with Crippen molar-refractivity contribution in [2.45, 2.75) is 57.6 Å². The molecule has 0 aliphatic carbocycles. The van der Waals surface area contributed by atoms with Crippen molar-refractivity contribution >= 4 is 34.5 Å². The van der Waals surface area contributed by atoms with Crippen LogP contribution in [0.3, 0.4) is 0 Å². The summed E-state index contributed by atoms with van der Waals surface area (Å²) < 4.78 is 9.86. The Hall–Kier alpha value is -1.29. The quantitative estimate of drug-likeness (QED) is 0.340. The minimum absolute atomic E-state index is 0.188. The predicted octanol–water partition coefficient (Wildman–Crippen LogP) is 1.77. The smallest absolute Gasteiger partial charge is 0.332 e. The zero-order valence-electron chi connectivity index (χ0n) is 16.0. The fraction of sp³-hybridized carbons (Fsp3) is 0.706. The molecule has 1 unspecified atom stereocenters. The number of hydrogen-bond acceptors (Lipinski definition) is 6. The number of thioether (sulfide) groups is 1. The molecule has 0 amide bonds. The van der Waals surface area contributed by atoms with Gasteiger partial charge in [0.05, 0.1) is 6.10 Å². The van der Waals surface area contributed by atoms with Crippen molar-refractivity contribution in [3.63, 3.8) is 0 Å². The molecule has 2 rings (SSSR count). The Kier molecular flexibility index (Phi) is 8.40. The monoisotopic (exact) mass is 418 g/mol. The first-order valence-electron chi connectivity index (χ1n) is 9.07. The van der Waals surface area contributed by atoms with Gasteiger partial charge in [0.1, 0.15) is 6.73 Å². The van der Waals surface area contributed by atoms with Crippen LogP contribution in [-0.4, -0.2) is 48.1 Å². The normalized spacial score (nSPS) is 12.8. The van der Waals surface area contributed by atoms with Gasteiger partial charge in [0.15, 0.2) is 16.3 Å². The van der Waals surface area contributed by atoms with Gasteiger partial charge in [0.2, 0.25) is 0 Å². The second kappa shape index (κ2) is 10.3. The summed E-state index contributed by atoms with van der Waals surface area (Å²) in [5, 5.41) is 9.97. The minimum atomic E-state index is -0.389. The molecule has 1 atom stereocenters. The second-order valence-electron chi connectivity index (χ2n) is 6.30. The van der Waals surface area contributed by atoms with Crippen LogP contribution in [0.5, 0.6) is 0 Å². The Morgan fingerprint density at radius 1 is 1.30 bits per heavy atom. The second-order valence-corrected chi connectivity index (χ2v) is 7.74. The van der Waals surface area contributed by atoms with Crippen molar-refractivity contribution < 1.29 is 9.84 Å². The van der Waals surface area contributed by atoms with E-state index in [4.69, 9.17) is 16.3 Å². The Morgan fingerprint density at radius 3 is 2.67 bits per heavy atom. The number of halogens is 1. The number of nitrogens with zero attached hydrogens (tertiary/aromatic N) is 4. The zero-order valence-corrected chi connectivity index (χ0v) is 17.6. The Labute approximate surface area is 167 Å². The van der Waals surface area contributed by atoms with Crippen LogP contribution in [0.15, 0.2) is 14.7 Å². The molecule has 0 aliphatic heterocycles. The number of aromatic nitrogens is 4. The van der Waals surface area contributed by atoms with E-state index >= 15 is 0 Å². The van der Waals surface area contributed by atoms with Crippen LogP contribution in [0.2, 0.25) is 0 Å². The van der Waals surface area contributed by atoms with E-state index < -0.39 is 0 Å². The number of rotatable bonds is 11. The number of aliphatic hydroxyl groups is 1. The topological polar surface area (TPSA) is 91.3 Å². The van der Waals surface area contributed by atoms with Crippen LogP contribution in [-0.2, 0) is 25.1 Å². The highest BCUT2D eigenvalue weighted by molar-refractivity contribution is 7.99. The molecule has 2 aromatic rings. The van der Waals surface area contributed by atoms with E-state index in [0.717, 1.165) is 6.42 Å². The molecular formula is C17H27ClN4O4S. The Morgan fingerprint density at radius 2 is 2.04 bits per heavy atom. The predicted molar refractivity (Wildman–Crippen MR) is 108 cm³/mol. The maximum Gasteiger partial charge on any atom is 0.332 e. The molecule has 0 fully saturated rings. The van der Waals surface area contributed by atoms with Crippen molar-refractivity contribution in [2.24, 2.45) is 7.05 Å². The third-order valence-corrected chi connectivity index (χ3v) is 5.58. The van der Waals surface area contributed by atoms with Crippen molar-refractivity contribution in [3.8, 4) is 0 Å². The molecule has 8 nitrogen and oxygen atoms in total. The van der Waals surface area contributed by atoms with Gasteiger partial charge in [-0.15, -0.1) is 11.6 Å². The number of aryl methyl sites for hydroxylation is 1. The number of fused-ring (bicyclic) bond motifs is 1. The van der Waals surface area contributed by atoms with Gasteiger partial charge in [0, 0.05) is 31.8 Å². The van der Waals surface area contributed by atoms with E-state index in [1.807, 2.05) is 6.92 Å². The molecule has 152 valence electrons. The molecule has 0 radical (unpaired) electrons. The van der Waals surface area contributed by atoms with Gasteiger partial charge in [-0.1, -0.05) is 11.8 Å². The molecule has 0 saturated carbocycles. The molecule has 0 spiro atoms. The summed E-state index contributed by atoms with van der Waals surface area (Å²) in [4.78, 5) is 30.2. The number of ether oxygens (including phenoxy) is 1. The number of aliphatic hydroxyl groups excluding tert-OH is 1. The average Bonchev–Trinajstić information content (AvgIpc) is 3.00. The molecule has 0 bridgehead atoms. The molecule has 0 saturated heterocycles. The van der Waals surface area contributed by atoms with Crippen molar-refractivity contribution in [1.82, 2.24) is 18.7 Å². The standard InChI is InChI=1S/C17H27ClN4O4S/c1-4-26-11-22-13-14(19-16(22)27-10-8-18)20(3)17(25)21(15(13)24)9-6-5-7-12(2)23/h12,23H,4-11H2,1-3H3. The first-order chi connectivity index (χ1) is 12.9. The summed E-state index contributed by atoms with van der Waals surface area (Å²) in [5.74, 6) is 1.09. The summed E-state index contributed by atoms with van der Waals surface area (Å²) in [6, 6.07) is 0. The molecule has 0 aliphatic rings. The third kappa shape index (κ3) is 5.16. The summed E-state index contributed by atoms with van der Waals surface area (Å²) >= 11 is 7.21. The van der Waals surface area contributed by atoms with Gasteiger partial charge in [-0.25, -0.2) is 9.78 Å². The number of alkyl halides is 1.